The number of para-hydroxylation sites is 1. The van der Waals surface area contributed by atoms with Gasteiger partial charge in [0.2, 0.25) is 0 Å². The fourth-order valence-electron chi connectivity index (χ4n) is 3.56. The van der Waals surface area contributed by atoms with Crippen LogP contribution in [-0.4, -0.2) is 35.3 Å². The molecule has 1 atom stereocenters. The summed E-state index contributed by atoms with van der Waals surface area (Å²) in [6.45, 7) is 6.71. The summed E-state index contributed by atoms with van der Waals surface area (Å²) < 4.78 is 10.6. The van der Waals surface area contributed by atoms with E-state index in [9.17, 15) is 14.4 Å². The van der Waals surface area contributed by atoms with Crippen molar-refractivity contribution in [2.75, 3.05) is 5.32 Å². The van der Waals surface area contributed by atoms with E-state index in [2.05, 4.69) is 10.7 Å². The number of nitrogens with zero attached hydrogens (tertiary/aromatic N) is 1. The van der Waals surface area contributed by atoms with E-state index in [-0.39, 0.29) is 6.42 Å². The molecule has 170 valence electrons. The monoisotopic (exact) mass is 459 g/mol. The second kappa shape index (κ2) is 9.48. The quantitative estimate of drug-likeness (QED) is 0.635. The number of hydrazine groups is 1. The predicted octanol–water partition coefficient (Wildman–Crippen LogP) is 4.63. The van der Waals surface area contributed by atoms with Crippen LogP contribution in [0.5, 0.6) is 0 Å². The van der Waals surface area contributed by atoms with E-state index in [1.807, 2.05) is 0 Å². The Morgan fingerprint density at radius 2 is 1.66 bits per heavy atom. The van der Waals surface area contributed by atoms with Crippen molar-refractivity contribution in [1.29, 1.82) is 0 Å². The molecule has 2 aromatic carbocycles. The van der Waals surface area contributed by atoms with E-state index < -0.39 is 35.8 Å². The Hall–Kier alpha value is -3.26. The van der Waals surface area contributed by atoms with Crippen LogP contribution in [0.3, 0.4) is 0 Å². The fraction of sp³-hybridized carbons (Fsp3) is 0.348. The average Bonchev–Trinajstić information content (AvgIpc) is 2.99. The van der Waals surface area contributed by atoms with Crippen LogP contribution in [0, 0.1) is 0 Å². The van der Waals surface area contributed by atoms with Gasteiger partial charge in [-0.3, -0.25) is 4.79 Å². The number of halogens is 1. The molecule has 32 heavy (non-hydrogen) atoms. The number of rotatable bonds is 5. The number of ether oxygens (including phenoxy) is 2. The van der Waals surface area contributed by atoms with Crippen LogP contribution >= 0.6 is 11.6 Å². The topological polar surface area (TPSA) is 97.0 Å². The standard InChI is InChI=1S/C23H26ClN3O5/c1-14(2)31-21(29)26-27(22(30)32-15(3)4)23(13-16-9-11-17(24)12-10-16)18-7-5-6-8-19(18)25-20(23)28/h5-12,14-15H,13H2,1-4H3,(H,25,28)(H,26,29). The van der Waals surface area contributed by atoms with Crippen LogP contribution in [0.4, 0.5) is 15.3 Å². The molecule has 0 fully saturated rings. The number of benzene rings is 2. The molecule has 2 N–H and O–H groups in total. The Labute approximate surface area is 191 Å². The number of amides is 3. The van der Waals surface area contributed by atoms with E-state index in [0.29, 0.717) is 16.3 Å². The van der Waals surface area contributed by atoms with Gasteiger partial charge in [0.05, 0.1) is 12.2 Å². The number of anilines is 1. The largest absolute Gasteiger partial charge is 0.446 e. The molecule has 0 aromatic heterocycles. The van der Waals surface area contributed by atoms with E-state index in [0.717, 1.165) is 10.6 Å². The summed E-state index contributed by atoms with van der Waals surface area (Å²) in [6.07, 6.45) is -2.63. The van der Waals surface area contributed by atoms with Crippen LogP contribution in [0.2, 0.25) is 5.02 Å². The van der Waals surface area contributed by atoms with Crippen molar-refractivity contribution in [1.82, 2.24) is 10.4 Å². The highest BCUT2D eigenvalue weighted by atomic mass is 35.5. The van der Waals surface area contributed by atoms with Gasteiger partial charge in [-0.05, 0) is 51.5 Å². The molecule has 3 rings (SSSR count). The highest BCUT2D eigenvalue weighted by molar-refractivity contribution is 6.30. The number of nitrogens with one attached hydrogen (secondary N) is 2. The van der Waals surface area contributed by atoms with Gasteiger partial charge in [0.15, 0.2) is 5.54 Å². The van der Waals surface area contributed by atoms with Crippen molar-refractivity contribution in [2.45, 2.75) is 51.9 Å². The van der Waals surface area contributed by atoms with Crippen molar-refractivity contribution in [3.63, 3.8) is 0 Å². The first-order chi connectivity index (χ1) is 15.1. The fourth-order valence-corrected chi connectivity index (χ4v) is 3.68. The van der Waals surface area contributed by atoms with Gasteiger partial charge in [-0.15, -0.1) is 0 Å². The van der Waals surface area contributed by atoms with Crippen LogP contribution in [0.1, 0.15) is 38.8 Å². The highest BCUT2D eigenvalue weighted by Gasteiger charge is 2.55. The number of fused-ring (bicyclic) bond motifs is 1. The third-order valence-corrected chi connectivity index (χ3v) is 5.07. The Bertz CT molecular complexity index is 1010. The molecule has 0 radical (unpaired) electrons. The molecule has 1 heterocycles. The summed E-state index contributed by atoms with van der Waals surface area (Å²) in [6, 6.07) is 13.9. The van der Waals surface area contributed by atoms with Gasteiger partial charge in [0, 0.05) is 22.7 Å². The second-order valence-electron chi connectivity index (χ2n) is 8.00. The van der Waals surface area contributed by atoms with Crippen molar-refractivity contribution in [2.24, 2.45) is 0 Å². The number of hydrogen-bond donors (Lipinski definition) is 2. The van der Waals surface area contributed by atoms with E-state index >= 15 is 0 Å². The van der Waals surface area contributed by atoms with Gasteiger partial charge in [0.1, 0.15) is 0 Å². The summed E-state index contributed by atoms with van der Waals surface area (Å²) in [5, 5.41) is 4.28. The summed E-state index contributed by atoms with van der Waals surface area (Å²) in [5.41, 5.74) is 2.61. The van der Waals surface area contributed by atoms with Gasteiger partial charge in [0.25, 0.3) is 5.91 Å². The molecule has 3 amide bonds. The molecular weight excluding hydrogens is 434 g/mol. The smallest absolute Gasteiger partial charge is 0.430 e. The van der Waals surface area contributed by atoms with Crippen LogP contribution in [0.25, 0.3) is 0 Å². The van der Waals surface area contributed by atoms with Crippen LogP contribution in [0.15, 0.2) is 48.5 Å². The number of carbonyl (C=O) groups excluding carboxylic acids is 3. The van der Waals surface area contributed by atoms with Crippen molar-refractivity contribution < 1.29 is 23.9 Å². The Morgan fingerprint density at radius 3 is 2.28 bits per heavy atom. The minimum Gasteiger partial charge on any atom is -0.446 e. The van der Waals surface area contributed by atoms with E-state index in [4.69, 9.17) is 21.1 Å². The first kappa shape index (κ1) is 23.4. The lowest BCUT2D eigenvalue weighted by Gasteiger charge is -2.38. The minimum absolute atomic E-state index is 0.0577. The molecule has 8 nitrogen and oxygen atoms in total. The molecule has 0 saturated carbocycles. The first-order valence-electron chi connectivity index (χ1n) is 10.3. The lowest BCUT2D eigenvalue weighted by molar-refractivity contribution is -0.129. The van der Waals surface area contributed by atoms with Crippen molar-refractivity contribution in [3.8, 4) is 0 Å². The lowest BCUT2D eigenvalue weighted by Crippen LogP contribution is -2.62. The molecule has 1 unspecified atom stereocenters. The molecule has 9 heteroatoms. The number of hydrogen-bond acceptors (Lipinski definition) is 5. The summed E-state index contributed by atoms with van der Waals surface area (Å²) in [7, 11) is 0. The maximum Gasteiger partial charge on any atom is 0.430 e. The maximum atomic E-state index is 13.5. The molecule has 0 spiro atoms. The SMILES string of the molecule is CC(C)OC(=O)NN(C(=O)OC(C)C)C1(Cc2ccc(Cl)cc2)C(=O)Nc2ccccc21. The van der Waals surface area contributed by atoms with Crippen molar-refractivity contribution in [3.05, 3.63) is 64.7 Å². The highest BCUT2D eigenvalue weighted by Crippen LogP contribution is 2.42. The zero-order chi connectivity index (χ0) is 23.5. The van der Waals surface area contributed by atoms with E-state index in [1.54, 1.807) is 76.2 Å². The molecular formula is C23H26ClN3O5. The molecule has 1 aliphatic heterocycles. The molecule has 0 saturated heterocycles. The van der Waals surface area contributed by atoms with Crippen LogP contribution < -0.4 is 10.7 Å². The van der Waals surface area contributed by atoms with Gasteiger partial charge in [-0.2, -0.15) is 5.01 Å². The van der Waals surface area contributed by atoms with Gasteiger partial charge >= 0.3 is 12.2 Å². The predicted molar refractivity (Wildman–Crippen MR) is 120 cm³/mol. The summed E-state index contributed by atoms with van der Waals surface area (Å²) in [5.74, 6) is -0.487. The van der Waals surface area contributed by atoms with Gasteiger partial charge < -0.3 is 14.8 Å². The normalized spacial score (nSPS) is 17.0. The zero-order valence-corrected chi connectivity index (χ0v) is 19.1. The van der Waals surface area contributed by atoms with Gasteiger partial charge in [-0.1, -0.05) is 41.9 Å². The molecule has 2 aromatic rings. The molecule has 0 bridgehead atoms. The third-order valence-electron chi connectivity index (χ3n) is 4.82. The Balaban J connectivity index is 2.15. The van der Waals surface area contributed by atoms with Crippen molar-refractivity contribution >= 4 is 35.4 Å². The number of carbonyl (C=O) groups is 3. The average molecular weight is 460 g/mol. The third kappa shape index (κ3) is 4.80. The maximum absolute atomic E-state index is 13.5. The van der Waals surface area contributed by atoms with E-state index in [1.165, 1.54) is 0 Å². The molecule has 1 aliphatic rings. The Morgan fingerprint density at radius 1 is 1.03 bits per heavy atom. The van der Waals surface area contributed by atoms with Gasteiger partial charge in [-0.25, -0.2) is 15.0 Å². The first-order valence-corrected chi connectivity index (χ1v) is 10.6. The summed E-state index contributed by atoms with van der Waals surface area (Å²) in [4.78, 5) is 39.2. The molecule has 0 aliphatic carbocycles. The zero-order valence-electron chi connectivity index (χ0n) is 18.3. The minimum atomic E-state index is -1.62. The second-order valence-corrected chi connectivity index (χ2v) is 8.43. The lowest BCUT2D eigenvalue weighted by atomic mass is 9.84. The van der Waals surface area contributed by atoms with Crippen LogP contribution in [-0.2, 0) is 26.2 Å². The summed E-state index contributed by atoms with van der Waals surface area (Å²) >= 11 is 6.02. The Kier molecular flexibility index (Phi) is 6.93.